The van der Waals surface area contributed by atoms with Crippen LogP contribution in [0, 0.1) is 0 Å². The van der Waals surface area contributed by atoms with Gasteiger partial charge in [-0.05, 0) is 11.6 Å². The maximum absolute atomic E-state index is 12.7. The van der Waals surface area contributed by atoms with Crippen LogP contribution in [-0.4, -0.2) is 38.6 Å². The first kappa shape index (κ1) is 13.7. The molecule has 0 aromatic carbocycles. The summed E-state index contributed by atoms with van der Waals surface area (Å²) in [5.74, 6) is -5.53. The minimum Gasteiger partial charge on any atom is -0.469 e. The maximum Gasteiger partial charge on any atom is 0.456 e. The Balaban J connectivity index is 2.25. The molecule has 0 fully saturated rings. The van der Waals surface area contributed by atoms with E-state index in [0.29, 0.717) is 0 Å². The van der Waals surface area contributed by atoms with Crippen LogP contribution in [0.1, 0.15) is 0 Å². The highest BCUT2D eigenvalue weighted by Gasteiger charge is 2.58. The quantitative estimate of drug-likeness (QED) is 0.699. The lowest BCUT2D eigenvalue weighted by Gasteiger charge is -2.19. The second-order valence-corrected chi connectivity index (χ2v) is 3.73. The Kier molecular flexibility index (Phi) is 3.20. The van der Waals surface area contributed by atoms with Crippen molar-refractivity contribution in [3.05, 3.63) is 11.6 Å². The van der Waals surface area contributed by atoms with E-state index in [2.05, 4.69) is 24.7 Å². The predicted octanol–water partition coefficient (Wildman–Crippen LogP) is 2.58. The summed E-state index contributed by atoms with van der Waals surface area (Å²) < 4.78 is 65.6. The molecule has 0 unspecified atom stereocenters. The van der Waals surface area contributed by atoms with Crippen molar-refractivity contribution in [2.24, 2.45) is 0 Å². The first-order valence-corrected chi connectivity index (χ1v) is 5.02. The number of aromatic amines is 1. The number of halogens is 6. The molecule has 5 nitrogen and oxygen atoms in total. The Labute approximate surface area is 106 Å². The zero-order chi connectivity index (χ0) is 14.3. The van der Waals surface area contributed by atoms with E-state index in [1.54, 1.807) is 0 Å². The van der Waals surface area contributed by atoms with Gasteiger partial charge in [-0.2, -0.15) is 31.9 Å². The minimum atomic E-state index is -5.71. The van der Waals surface area contributed by atoms with E-state index in [-0.39, 0.29) is 16.4 Å². The predicted molar refractivity (Wildman–Crippen MR) is 53.2 cm³/mol. The van der Waals surface area contributed by atoms with E-state index in [1.165, 1.54) is 0 Å². The van der Waals surface area contributed by atoms with Gasteiger partial charge in [-0.15, -0.1) is 0 Å². The number of hydrogen-bond donors (Lipinski definition) is 1. The van der Waals surface area contributed by atoms with Crippen molar-refractivity contribution in [1.82, 2.24) is 19.9 Å². The molecular weight excluding hydrogens is 299 g/mol. The molecule has 11 heteroatoms. The van der Waals surface area contributed by atoms with E-state index < -0.39 is 24.6 Å². The van der Waals surface area contributed by atoms with E-state index in [1.807, 2.05) is 0 Å². The van der Waals surface area contributed by atoms with Crippen LogP contribution in [0.2, 0.25) is 5.28 Å². The van der Waals surface area contributed by atoms with Crippen molar-refractivity contribution in [3.8, 4) is 5.88 Å². The Morgan fingerprint density at radius 1 is 1.21 bits per heavy atom. The molecule has 0 spiro atoms. The zero-order valence-electron chi connectivity index (χ0n) is 8.80. The summed E-state index contributed by atoms with van der Waals surface area (Å²) in [5, 5.41) is -0.384. The van der Waals surface area contributed by atoms with E-state index in [0.717, 1.165) is 6.33 Å². The highest BCUT2D eigenvalue weighted by Crippen LogP contribution is 2.36. The largest absolute Gasteiger partial charge is 0.469 e. The summed E-state index contributed by atoms with van der Waals surface area (Å²) in [6.07, 6.45) is -4.57. The van der Waals surface area contributed by atoms with Crippen molar-refractivity contribution in [2.75, 3.05) is 6.61 Å². The molecule has 0 atom stereocenters. The number of ether oxygens (including phenoxy) is 1. The molecule has 2 heterocycles. The smallest absolute Gasteiger partial charge is 0.456 e. The van der Waals surface area contributed by atoms with Gasteiger partial charge in [0.05, 0.1) is 6.33 Å². The number of aromatic nitrogens is 4. The van der Waals surface area contributed by atoms with Crippen LogP contribution in [0.4, 0.5) is 22.0 Å². The zero-order valence-corrected chi connectivity index (χ0v) is 9.56. The topological polar surface area (TPSA) is 63.7 Å². The minimum absolute atomic E-state index is 0.00896. The molecule has 0 amide bonds. The fraction of sp³-hybridized carbons (Fsp3) is 0.375. The molecule has 104 valence electrons. The van der Waals surface area contributed by atoms with Gasteiger partial charge >= 0.3 is 12.1 Å². The number of nitrogens with zero attached hydrogens (tertiary/aromatic N) is 3. The monoisotopic (exact) mass is 302 g/mol. The molecule has 19 heavy (non-hydrogen) atoms. The van der Waals surface area contributed by atoms with Gasteiger partial charge in [0, 0.05) is 0 Å². The molecule has 2 rings (SSSR count). The molecular formula is C8H4ClF5N4O. The lowest BCUT2D eigenvalue weighted by atomic mass is 10.3. The molecule has 2 aromatic heterocycles. The maximum atomic E-state index is 12.7. The number of fused-ring (bicyclic) bond motifs is 1. The van der Waals surface area contributed by atoms with Crippen LogP contribution < -0.4 is 4.74 Å². The first-order chi connectivity index (χ1) is 8.71. The number of H-pyrrole nitrogens is 1. The fourth-order valence-corrected chi connectivity index (χ4v) is 1.28. The number of hydrogen-bond acceptors (Lipinski definition) is 4. The van der Waals surface area contributed by atoms with Crippen LogP contribution in [0.3, 0.4) is 0 Å². The molecule has 0 saturated heterocycles. The summed E-state index contributed by atoms with van der Waals surface area (Å²) in [6.45, 7) is -1.92. The SMILES string of the molecule is FC(F)(F)C(F)(F)COc1nc(Cl)nc2nc[nH]c12. The van der Waals surface area contributed by atoms with Crippen LogP contribution in [0.5, 0.6) is 5.88 Å². The number of imidazole rings is 1. The Bertz CT molecular complexity index is 598. The second kappa shape index (κ2) is 4.44. The molecule has 1 N–H and O–H groups in total. The molecule has 0 aliphatic rings. The van der Waals surface area contributed by atoms with Gasteiger partial charge in [0.2, 0.25) is 11.2 Å². The third-order valence-electron chi connectivity index (χ3n) is 2.03. The van der Waals surface area contributed by atoms with Gasteiger partial charge < -0.3 is 9.72 Å². The normalized spacial score (nSPS) is 12.9. The lowest BCUT2D eigenvalue weighted by Crippen LogP contribution is -2.41. The van der Waals surface area contributed by atoms with Gasteiger partial charge in [0.1, 0.15) is 5.52 Å². The summed E-state index contributed by atoms with van der Waals surface area (Å²) in [4.78, 5) is 13.1. The van der Waals surface area contributed by atoms with Crippen molar-refractivity contribution in [3.63, 3.8) is 0 Å². The highest BCUT2D eigenvalue weighted by atomic mass is 35.5. The van der Waals surface area contributed by atoms with Crippen molar-refractivity contribution >= 4 is 22.8 Å². The van der Waals surface area contributed by atoms with Crippen molar-refractivity contribution in [1.29, 1.82) is 0 Å². The third-order valence-corrected chi connectivity index (χ3v) is 2.20. The van der Waals surface area contributed by atoms with Gasteiger partial charge in [-0.3, -0.25) is 0 Å². The molecule has 0 aliphatic heterocycles. The summed E-state index contributed by atoms with van der Waals surface area (Å²) in [5.41, 5.74) is -0.0345. The standard InChI is InChI=1S/C8H4ClF5N4O/c9-6-17-4-3(15-2-16-4)5(18-6)19-1-7(10,11)8(12,13)14/h2H,1H2,(H,15,16,17,18). The van der Waals surface area contributed by atoms with E-state index in [4.69, 9.17) is 11.6 Å². The molecule has 0 saturated carbocycles. The van der Waals surface area contributed by atoms with Crippen LogP contribution >= 0.6 is 11.6 Å². The Morgan fingerprint density at radius 2 is 1.89 bits per heavy atom. The Morgan fingerprint density at radius 3 is 2.53 bits per heavy atom. The second-order valence-electron chi connectivity index (χ2n) is 3.39. The molecule has 2 aromatic rings. The third kappa shape index (κ3) is 2.67. The first-order valence-electron chi connectivity index (χ1n) is 4.65. The van der Waals surface area contributed by atoms with Gasteiger partial charge in [-0.25, -0.2) is 4.98 Å². The van der Waals surface area contributed by atoms with Gasteiger partial charge in [0.25, 0.3) is 0 Å². The van der Waals surface area contributed by atoms with Crippen LogP contribution in [0.15, 0.2) is 6.33 Å². The van der Waals surface area contributed by atoms with E-state index in [9.17, 15) is 22.0 Å². The average Bonchev–Trinajstić information content (AvgIpc) is 2.72. The highest BCUT2D eigenvalue weighted by molar-refractivity contribution is 6.28. The summed E-state index contributed by atoms with van der Waals surface area (Å²) >= 11 is 5.45. The summed E-state index contributed by atoms with van der Waals surface area (Å²) in [6, 6.07) is 0. The number of nitrogens with one attached hydrogen (secondary N) is 1. The van der Waals surface area contributed by atoms with Crippen LogP contribution in [-0.2, 0) is 0 Å². The molecule has 0 aliphatic carbocycles. The van der Waals surface area contributed by atoms with Gasteiger partial charge in [0.15, 0.2) is 12.3 Å². The fourth-order valence-electron chi connectivity index (χ4n) is 1.13. The summed E-state index contributed by atoms with van der Waals surface area (Å²) in [7, 11) is 0. The number of alkyl halides is 5. The molecule has 0 radical (unpaired) electrons. The van der Waals surface area contributed by atoms with E-state index >= 15 is 0 Å². The van der Waals surface area contributed by atoms with Gasteiger partial charge in [-0.1, -0.05) is 0 Å². The van der Waals surface area contributed by atoms with Crippen LogP contribution in [0.25, 0.3) is 11.2 Å². The van der Waals surface area contributed by atoms with Crippen molar-refractivity contribution in [2.45, 2.75) is 12.1 Å². The molecule has 0 bridgehead atoms. The lowest BCUT2D eigenvalue weighted by molar-refractivity contribution is -0.290. The Hall–Kier alpha value is -1.71. The average molecular weight is 303 g/mol. The van der Waals surface area contributed by atoms with Crippen molar-refractivity contribution < 1.29 is 26.7 Å². The number of rotatable bonds is 3.